The van der Waals surface area contributed by atoms with Gasteiger partial charge < -0.3 is 5.73 Å². The second-order valence-corrected chi connectivity index (χ2v) is 5.23. The zero-order chi connectivity index (χ0) is 10.5. The molecule has 0 aromatic heterocycles. The van der Waals surface area contributed by atoms with Crippen molar-refractivity contribution in [2.45, 2.75) is 66.3 Å². The summed E-state index contributed by atoms with van der Waals surface area (Å²) < 4.78 is 0. The Labute approximate surface area is 84.1 Å². The zero-order valence-corrected chi connectivity index (χ0v) is 10.1. The normalized spacial score (nSPS) is 15.0. The Balaban J connectivity index is 4.18. The van der Waals surface area contributed by atoms with Crippen LogP contribution < -0.4 is 5.73 Å². The lowest BCUT2D eigenvalue weighted by molar-refractivity contribution is 0.215. The van der Waals surface area contributed by atoms with Gasteiger partial charge in [-0.05, 0) is 24.2 Å². The van der Waals surface area contributed by atoms with E-state index < -0.39 is 0 Å². The Morgan fingerprint density at radius 2 is 1.38 bits per heavy atom. The van der Waals surface area contributed by atoms with E-state index in [1.54, 1.807) is 0 Å². The highest BCUT2D eigenvalue weighted by atomic mass is 14.7. The lowest BCUT2D eigenvalue weighted by Gasteiger charge is -2.34. The van der Waals surface area contributed by atoms with Crippen LogP contribution in [0.25, 0.3) is 0 Å². The van der Waals surface area contributed by atoms with Crippen molar-refractivity contribution in [3.8, 4) is 0 Å². The highest BCUT2D eigenvalue weighted by molar-refractivity contribution is 4.83. The summed E-state index contributed by atoms with van der Waals surface area (Å²) in [5.41, 5.74) is 6.53. The van der Waals surface area contributed by atoms with Crippen LogP contribution in [0.1, 0.15) is 60.3 Å². The summed E-state index contributed by atoms with van der Waals surface area (Å²) in [4.78, 5) is 0. The van der Waals surface area contributed by atoms with Crippen LogP contribution in [0.5, 0.6) is 0 Å². The van der Waals surface area contributed by atoms with Gasteiger partial charge in [0.2, 0.25) is 0 Å². The SMILES string of the molecule is CCCC(CCC)C(N)C(C)(C)C. The fourth-order valence-electron chi connectivity index (χ4n) is 1.95. The van der Waals surface area contributed by atoms with Gasteiger partial charge in [-0.1, -0.05) is 47.5 Å². The maximum absolute atomic E-state index is 6.27. The summed E-state index contributed by atoms with van der Waals surface area (Å²) in [6, 6.07) is 0.354. The van der Waals surface area contributed by atoms with Gasteiger partial charge in [0.15, 0.2) is 0 Å². The molecule has 0 rings (SSSR count). The molecule has 0 aliphatic carbocycles. The lowest BCUT2D eigenvalue weighted by atomic mass is 9.76. The van der Waals surface area contributed by atoms with Crippen molar-refractivity contribution in [1.29, 1.82) is 0 Å². The van der Waals surface area contributed by atoms with Crippen molar-refractivity contribution >= 4 is 0 Å². The zero-order valence-electron chi connectivity index (χ0n) is 10.1. The Kier molecular flexibility index (Phi) is 5.62. The predicted molar refractivity (Wildman–Crippen MR) is 60.7 cm³/mol. The van der Waals surface area contributed by atoms with Crippen LogP contribution in [-0.4, -0.2) is 6.04 Å². The van der Waals surface area contributed by atoms with Crippen molar-refractivity contribution in [2.75, 3.05) is 0 Å². The van der Waals surface area contributed by atoms with Crippen LogP contribution in [0.3, 0.4) is 0 Å². The highest BCUT2D eigenvalue weighted by Crippen LogP contribution is 2.28. The fourth-order valence-corrected chi connectivity index (χ4v) is 1.95. The Bertz CT molecular complexity index is 118. The summed E-state index contributed by atoms with van der Waals surface area (Å²) in [6.45, 7) is 11.2. The molecule has 0 spiro atoms. The Morgan fingerprint density at radius 1 is 1.00 bits per heavy atom. The van der Waals surface area contributed by atoms with E-state index in [2.05, 4.69) is 34.6 Å². The molecule has 0 aromatic carbocycles. The molecular weight excluding hydrogens is 158 g/mol. The fraction of sp³-hybridized carbons (Fsp3) is 1.00. The van der Waals surface area contributed by atoms with E-state index in [4.69, 9.17) is 5.73 Å². The largest absolute Gasteiger partial charge is 0.327 e. The third-order valence-corrected chi connectivity index (χ3v) is 2.83. The first-order chi connectivity index (χ1) is 5.93. The molecule has 0 saturated carbocycles. The summed E-state index contributed by atoms with van der Waals surface area (Å²) in [6.07, 6.45) is 5.08. The summed E-state index contributed by atoms with van der Waals surface area (Å²) in [5, 5.41) is 0. The number of hydrogen-bond acceptors (Lipinski definition) is 1. The van der Waals surface area contributed by atoms with Crippen molar-refractivity contribution in [2.24, 2.45) is 17.1 Å². The smallest absolute Gasteiger partial charge is 0.0116 e. The van der Waals surface area contributed by atoms with Gasteiger partial charge in [-0.3, -0.25) is 0 Å². The van der Waals surface area contributed by atoms with Gasteiger partial charge in [-0.25, -0.2) is 0 Å². The molecule has 1 atom stereocenters. The molecule has 1 nitrogen and oxygen atoms in total. The summed E-state index contributed by atoms with van der Waals surface area (Å²) in [5.74, 6) is 0.718. The Hall–Kier alpha value is -0.0400. The van der Waals surface area contributed by atoms with Crippen molar-refractivity contribution < 1.29 is 0 Å². The molecular formula is C12H27N. The van der Waals surface area contributed by atoms with Gasteiger partial charge >= 0.3 is 0 Å². The van der Waals surface area contributed by atoms with Crippen LogP contribution in [-0.2, 0) is 0 Å². The van der Waals surface area contributed by atoms with Gasteiger partial charge in [0.1, 0.15) is 0 Å². The molecule has 1 unspecified atom stereocenters. The molecule has 0 fully saturated rings. The quantitative estimate of drug-likeness (QED) is 0.696. The van der Waals surface area contributed by atoms with E-state index >= 15 is 0 Å². The number of hydrogen-bond donors (Lipinski definition) is 1. The average Bonchev–Trinajstić information content (AvgIpc) is 2.01. The van der Waals surface area contributed by atoms with E-state index in [0.717, 1.165) is 5.92 Å². The number of rotatable bonds is 5. The topological polar surface area (TPSA) is 26.0 Å². The van der Waals surface area contributed by atoms with Crippen LogP contribution in [0.2, 0.25) is 0 Å². The van der Waals surface area contributed by atoms with Crippen LogP contribution in [0, 0.1) is 11.3 Å². The van der Waals surface area contributed by atoms with Crippen molar-refractivity contribution in [1.82, 2.24) is 0 Å². The second-order valence-electron chi connectivity index (χ2n) is 5.23. The molecule has 80 valence electrons. The molecule has 13 heavy (non-hydrogen) atoms. The van der Waals surface area contributed by atoms with E-state index in [-0.39, 0.29) is 5.41 Å². The molecule has 0 aromatic rings. The van der Waals surface area contributed by atoms with E-state index in [1.165, 1.54) is 25.7 Å². The van der Waals surface area contributed by atoms with Gasteiger partial charge in [0.25, 0.3) is 0 Å². The van der Waals surface area contributed by atoms with Crippen molar-refractivity contribution in [3.05, 3.63) is 0 Å². The second kappa shape index (κ2) is 5.64. The summed E-state index contributed by atoms with van der Waals surface area (Å²) in [7, 11) is 0. The minimum atomic E-state index is 0.259. The molecule has 1 heteroatoms. The molecule has 0 bridgehead atoms. The summed E-state index contributed by atoms with van der Waals surface area (Å²) >= 11 is 0. The maximum Gasteiger partial charge on any atom is 0.0116 e. The molecule has 0 saturated heterocycles. The minimum absolute atomic E-state index is 0.259. The van der Waals surface area contributed by atoms with E-state index in [0.29, 0.717) is 6.04 Å². The molecule has 0 amide bonds. The highest BCUT2D eigenvalue weighted by Gasteiger charge is 2.27. The van der Waals surface area contributed by atoms with Gasteiger partial charge in [0.05, 0.1) is 0 Å². The third kappa shape index (κ3) is 4.66. The van der Waals surface area contributed by atoms with Crippen LogP contribution in [0.15, 0.2) is 0 Å². The van der Waals surface area contributed by atoms with E-state index in [1.807, 2.05) is 0 Å². The average molecular weight is 185 g/mol. The van der Waals surface area contributed by atoms with Gasteiger partial charge in [-0.15, -0.1) is 0 Å². The third-order valence-electron chi connectivity index (χ3n) is 2.83. The van der Waals surface area contributed by atoms with Crippen LogP contribution in [0.4, 0.5) is 0 Å². The van der Waals surface area contributed by atoms with Crippen molar-refractivity contribution in [3.63, 3.8) is 0 Å². The number of nitrogens with two attached hydrogens (primary N) is 1. The molecule has 0 aliphatic rings. The monoisotopic (exact) mass is 185 g/mol. The van der Waals surface area contributed by atoms with Crippen LogP contribution >= 0.6 is 0 Å². The predicted octanol–water partition coefficient (Wildman–Crippen LogP) is 3.58. The lowest BCUT2D eigenvalue weighted by Crippen LogP contribution is -2.41. The molecule has 2 N–H and O–H groups in total. The van der Waals surface area contributed by atoms with Gasteiger partial charge in [0, 0.05) is 6.04 Å². The van der Waals surface area contributed by atoms with Gasteiger partial charge in [-0.2, -0.15) is 0 Å². The van der Waals surface area contributed by atoms with E-state index in [9.17, 15) is 0 Å². The first kappa shape index (κ1) is 13.0. The minimum Gasteiger partial charge on any atom is -0.327 e. The Morgan fingerprint density at radius 3 is 1.62 bits per heavy atom. The standard InChI is InChI=1S/C12H27N/c1-6-8-10(9-7-2)11(13)12(3,4)5/h10-11H,6-9,13H2,1-5H3. The maximum atomic E-state index is 6.27. The molecule has 0 radical (unpaired) electrons. The first-order valence-electron chi connectivity index (χ1n) is 5.69. The molecule has 0 aliphatic heterocycles. The first-order valence-corrected chi connectivity index (χ1v) is 5.69. The molecule has 0 heterocycles.